The second-order valence-corrected chi connectivity index (χ2v) is 4.11. The topological polar surface area (TPSA) is 55.8 Å². The van der Waals surface area contributed by atoms with Gasteiger partial charge in [0.15, 0.2) is 0 Å². The lowest BCUT2D eigenvalue weighted by Crippen LogP contribution is -2.22. The molecule has 0 atom stereocenters. The van der Waals surface area contributed by atoms with E-state index in [9.17, 15) is 9.59 Å². The summed E-state index contributed by atoms with van der Waals surface area (Å²) in [4.78, 5) is 24.6. The van der Waals surface area contributed by atoms with Crippen LogP contribution in [0.1, 0.15) is 23.2 Å². The first-order valence-corrected chi connectivity index (χ1v) is 6.05. The Balaban J connectivity index is 2.68. The highest BCUT2D eigenvalue weighted by Gasteiger charge is 2.14. The molecule has 0 N–H and O–H groups in total. The number of hydrogen-bond acceptors (Lipinski definition) is 5. The van der Waals surface area contributed by atoms with E-state index in [4.69, 9.17) is 4.74 Å². The van der Waals surface area contributed by atoms with E-state index in [0.717, 1.165) is 5.69 Å². The zero-order chi connectivity index (χ0) is 14.3. The number of nitrogens with zero attached hydrogens (tertiary/aromatic N) is 1. The van der Waals surface area contributed by atoms with Crippen molar-refractivity contribution in [1.29, 1.82) is 0 Å². The van der Waals surface area contributed by atoms with Gasteiger partial charge in [0.1, 0.15) is 0 Å². The molecule has 19 heavy (non-hydrogen) atoms. The summed E-state index contributed by atoms with van der Waals surface area (Å²) < 4.78 is 9.33. The lowest BCUT2D eigenvalue weighted by Gasteiger charge is -2.21. The fourth-order valence-corrected chi connectivity index (χ4v) is 1.77. The van der Waals surface area contributed by atoms with Crippen LogP contribution >= 0.6 is 0 Å². The van der Waals surface area contributed by atoms with Crippen LogP contribution in [0.25, 0.3) is 0 Å². The molecule has 0 heterocycles. The van der Waals surface area contributed by atoms with Crippen molar-refractivity contribution in [3.8, 4) is 0 Å². The third-order valence-corrected chi connectivity index (χ3v) is 2.82. The largest absolute Gasteiger partial charge is 0.469 e. The standard InChI is InChI=1S/C14H19NO4/c1-15(10-6-9-13(16)18-2)12-8-5-4-7-11(12)14(17)19-3/h4-5,7-8H,6,9-10H2,1-3H3. The summed E-state index contributed by atoms with van der Waals surface area (Å²) in [5, 5.41) is 0. The van der Waals surface area contributed by atoms with Crippen molar-refractivity contribution in [2.24, 2.45) is 0 Å². The van der Waals surface area contributed by atoms with E-state index in [1.165, 1.54) is 14.2 Å². The van der Waals surface area contributed by atoms with Gasteiger partial charge in [0, 0.05) is 20.0 Å². The summed E-state index contributed by atoms with van der Waals surface area (Å²) in [6, 6.07) is 7.22. The Morgan fingerprint density at radius 3 is 2.47 bits per heavy atom. The van der Waals surface area contributed by atoms with E-state index in [-0.39, 0.29) is 11.9 Å². The highest BCUT2D eigenvalue weighted by Crippen LogP contribution is 2.20. The number of para-hydroxylation sites is 1. The zero-order valence-corrected chi connectivity index (χ0v) is 11.5. The second kappa shape index (κ2) is 7.41. The molecule has 0 spiro atoms. The highest BCUT2D eigenvalue weighted by molar-refractivity contribution is 5.95. The van der Waals surface area contributed by atoms with Gasteiger partial charge in [-0.25, -0.2) is 4.79 Å². The third kappa shape index (κ3) is 4.28. The molecular formula is C14H19NO4. The van der Waals surface area contributed by atoms with E-state index < -0.39 is 0 Å². The number of methoxy groups -OCH3 is 2. The minimum atomic E-state index is -0.365. The lowest BCUT2D eigenvalue weighted by atomic mass is 10.1. The van der Waals surface area contributed by atoms with Gasteiger partial charge in [-0.05, 0) is 18.6 Å². The van der Waals surface area contributed by atoms with Crippen molar-refractivity contribution in [1.82, 2.24) is 0 Å². The summed E-state index contributed by atoms with van der Waals surface area (Å²) in [5.74, 6) is -0.593. The normalized spacial score (nSPS) is 9.84. The van der Waals surface area contributed by atoms with E-state index in [2.05, 4.69) is 4.74 Å². The Morgan fingerprint density at radius 2 is 1.84 bits per heavy atom. The molecule has 1 rings (SSSR count). The fraction of sp³-hybridized carbons (Fsp3) is 0.429. The molecular weight excluding hydrogens is 246 g/mol. The van der Waals surface area contributed by atoms with Crippen LogP contribution in [0.4, 0.5) is 5.69 Å². The predicted molar refractivity (Wildman–Crippen MR) is 72.3 cm³/mol. The zero-order valence-electron chi connectivity index (χ0n) is 11.5. The smallest absolute Gasteiger partial charge is 0.339 e. The number of benzene rings is 1. The molecule has 1 aromatic carbocycles. The summed E-state index contributed by atoms with van der Waals surface area (Å²) in [6.07, 6.45) is 1.03. The van der Waals surface area contributed by atoms with Crippen molar-refractivity contribution in [3.63, 3.8) is 0 Å². The average Bonchev–Trinajstić information content (AvgIpc) is 2.45. The Labute approximate surface area is 113 Å². The number of hydrogen-bond donors (Lipinski definition) is 0. The second-order valence-electron chi connectivity index (χ2n) is 4.11. The van der Waals surface area contributed by atoms with E-state index >= 15 is 0 Å². The molecule has 0 saturated carbocycles. The van der Waals surface area contributed by atoms with Gasteiger partial charge < -0.3 is 14.4 Å². The quantitative estimate of drug-likeness (QED) is 0.735. The SMILES string of the molecule is COC(=O)CCCN(C)c1ccccc1C(=O)OC. The summed E-state index contributed by atoms with van der Waals surface area (Å²) in [6.45, 7) is 0.656. The monoisotopic (exact) mass is 265 g/mol. The van der Waals surface area contributed by atoms with Gasteiger partial charge in [-0.2, -0.15) is 0 Å². The Kier molecular flexibility index (Phi) is 5.85. The van der Waals surface area contributed by atoms with E-state index in [0.29, 0.717) is 24.9 Å². The van der Waals surface area contributed by atoms with Gasteiger partial charge in [-0.1, -0.05) is 12.1 Å². The molecule has 0 fully saturated rings. The number of carbonyl (C=O) groups is 2. The molecule has 0 bridgehead atoms. The number of rotatable bonds is 6. The highest BCUT2D eigenvalue weighted by atomic mass is 16.5. The molecule has 0 aliphatic heterocycles. The van der Waals surface area contributed by atoms with Gasteiger partial charge in [0.25, 0.3) is 0 Å². The van der Waals surface area contributed by atoms with Gasteiger partial charge in [0.2, 0.25) is 0 Å². The molecule has 5 nitrogen and oxygen atoms in total. The van der Waals surface area contributed by atoms with Crippen molar-refractivity contribution in [3.05, 3.63) is 29.8 Å². The Morgan fingerprint density at radius 1 is 1.16 bits per heavy atom. The van der Waals surface area contributed by atoms with Crippen LogP contribution in [0.2, 0.25) is 0 Å². The molecule has 0 unspecified atom stereocenters. The van der Waals surface area contributed by atoms with Crippen LogP contribution in [-0.4, -0.2) is 39.8 Å². The minimum absolute atomic E-state index is 0.227. The first kappa shape index (κ1) is 15.0. The van der Waals surface area contributed by atoms with E-state index in [1.807, 2.05) is 24.1 Å². The summed E-state index contributed by atoms with van der Waals surface area (Å²) in [7, 11) is 4.61. The van der Waals surface area contributed by atoms with Gasteiger partial charge in [0.05, 0.1) is 25.5 Å². The molecule has 5 heteroatoms. The van der Waals surface area contributed by atoms with Crippen LogP contribution in [0, 0.1) is 0 Å². The molecule has 0 aliphatic rings. The number of anilines is 1. The minimum Gasteiger partial charge on any atom is -0.469 e. The van der Waals surface area contributed by atoms with E-state index in [1.54, 1.807) is 12.1 Å². The van der Waals surface area contributed by atoms with Crippen molar-refractivity contribution in [2.75, 3.05) is 32.7 Å². The Bertz CT molecular complexity index is 445. The number of carbonyl (C=O) groups excluding carboxylic acids is 2. The van der Waals surface area contributed by atoms with Crippen molar-refractivity contribution >= 4 is 17.6 Å². The Hall–Kier alpha value is -2.04. The van der Waals surface area contributed by atoms with Crippen LogP contribution in [0.3, 0.4) is 0 Å². The summed E-state index contributed by atoms with van der Waals surface area (Å²) >= 11 is 0. The molecule has 0 aliphatic carbocycles. The molecule has 1 aromatic rings. The van der Waals surface area contributed by atoms with Gasteiger partial charge in [-0.3, -0.25) is 4.79 Å². The fourth-order valence-electron chi connectivity index (χ4n) is 1.77. The van der Waals surface area contributed by atoms with Crippen LogP contribution < -0.4 is 4.90 Å². The molecule has 0 saturated heterocycles. The summed E-state index contributed by atoms with van der Waals surface area (Å²) in [5.41, 5.74) is 1.31. The average molecular weight is 265 g/mol. The lowest BCUT2D eigenvalue weighted by molar-refractivity contribution is -0.140. The van der Waals surface area contributed by atoms with Crippen LogP contribution in [0.5, 0.6) is 0 Å². The number of ether oxygens (including phenoxy) is 2. The maximum atomic E-state index is 11.6. The number of esters is 2. The predicted octanol–water partition coefficient (Wildman–Crippen LogP) is 1.86. The van der Waals surface area contributed by atoms with Gasteiger partial charge >= 0.3 is 11.9 Å². The maximum Gasteiger partial charge on any atom is 0.339 e. The maximum absolute atomic E-state index is 11.6. The van der Waals surface area contributed by atoms with Crippen molar-refractivity contribution in [2.45, 2.75) is 12.8 Å². The van der Waals surface area contributed by atoms with Gasteiger partial charge in [-0.15, -0.1) is 0 Å². The molecule has 0 aromatic heterocycles. The van der Waals surface area contributed by atoms with Crippen LogP contribution in [-0.2, 0) is 14.3 Å². The third-order valence-electron chi connectivity index (χ3n) is 2.82. The molecule has 104 valence electrons. The van der Waals surface area contributed by atoms with Crippen molar-refractivity contribution < 1.29 is 19.1 Å². The first-order chi connectivity index (χ1) is 9.10. The molecule has 0 amide bonds. The first-order valence-electron chi connectivity index (χ1n) is 6.05. The van der Waals surface area contributed by atoms with Crippen LogP contribution in [0.15, 0.2) is 24.3 Å². The molecule has 0 radical (unpaired) electrons.